The number of anilines is 1. The molecule has 0 spiro atoms. The molecule has 4 heteroatoms. The van der Waals surface area contributed by atoms with Crippen molar-refractivity contribution in [2.75, 3.05) is 11.9 Å². The fraction of sp³-hybridized carbons (Fsp3) is 0.312. The lowest BCUT2D eigenvalue weighted by atomic mass is 10.2. The number of halogens is 1. The maximum Gasteiger partial charge on any atom is 0.126 e. The van der Waals surface area contributed by atoms with Gasteiger partial charge in [-0.05, 0) is 37.6 Å². The molecule has 0 aliphatic carbocycles. The van der Waals surface area contributed by atoms with Crippen molar-refractivity contribution in [2.24, 2.45) is 0 Å². The van der Waals surface area contributed by atoms with E-state index in [1.165, 1.54) is 10.5 Å². The number of hydrogen-bond donors (Lipinski definition) is 1. The first-order valence-corrected chi connectivity index (χ1v) is 8.14. The quantitative estimate of drug-likeness (QED) is 0.746. The summed E-state index contributed by atoms with van der Waals surface area (Å²) in [6.45, 7) is 5.17. The van der Waals surface area contributed by atoms with Crippen LogP contribution in [0.15, 0.2) is 41.3 Å². The monoisotopic (exact) mass is 306 g/mol. The number of hydrogen-bond acceptors (Lipinski definition) is 3. The van der Waals surface area contributed by atoms with Crippen LogP contribution in [0.2, 0.25) is 5.02 Å². The van der Waals surface area contributed by atoms with Crippen LogP contribution in [0.1, 0.15) is 24.6 Å². The maximum absolute atomic E-state index is 6.22. The van der Waals surface area contributed by atoms with Gasteiger partial charge in [-0.3, -0.25) is 0 Å². The summed E-state index contributed by atoms with van der Waals surface area (Å²) in [5, 5.41) is 4.02. The lowest BCUT2D eigenvalue weighted by Crippen LogP contribution is -2.03. The lowest BCUT2D eigenvalue weighted by molar-refractivity contribution is 0.965. The Morgan fingerprint density at radius 2 is 2.10 bits per heavy atom. The summed E-state index contributed by atoms with van der Waals surface area (Å²) in [5.41, 5.74) is 2.20. The maximum atomic E-state index is 6.22. The first kappa shape index (κ1) is 15.2. The van der Waals surface area contributed by atoms with Crippen molar-refractivity contribution in [1.29, 1.82) is 0 Å². The number of rotatable bonds is 6. The third-order valence-electron chi connectivity index (χ3n) is 2.84. The molecule has 0 bridgehead atoms. The summed E-state index contributed by atoms with van der Waals surface area (Å²) in [6.07, 6.45) is 1.08. The molecule has 1 aromatic heterocycles. The predicted octanol–water partition coefficient (Wildman–Crippen LogP) is 5.16. The normalized spacial score (nSPS) is 10.6. The molecule has 20 heavy (non-hydrogen) atoms. The molecule has 1 heterocycles. The van der Waals surface area contributed by atoms with Gasteiger partial charge in [-0.25, -0.2) is 4.98 Å². The first-order chi connectivity index (χ1) is 9.69. The van der Waals surface area contributed by atoms with Gasteiger partial charge in [0.15, 0.2) is 0 Å². The van der Waals surface area contributed by atoms with Crippen LogP contribution >= 0.6 is 23.4 Å². The molecule has 2 rings (SSSR count). The van der Waals surface area contributed by atoms with Gasteiger partial charge in [0.1, 0.15) is 5.82 Å². The molecular formula is C16H19ClN2S. The van der Waals surface area contributed by atoms with Crippen LogP contribution in [0.5, 0.6) is 0 Å². The van der Waals surface area contributed by atoms with Gasteiger partial charge in [-0.15, -0.1) is 11.8 Å². The van der Waals surface area contributed by atoms with Gasteiger partial charge >= 0.3 is 0 Å². The zero-order chi connectivity index (χ0) is 14.4. The molecule has 0 aliphatic rings. The molecule has 0 atom stereocenters. The summed E-state index contributed by atoms with van der Waals surface area (Å²) < 4.78 is 0. The highest BCUT2D eigenvalue weighted by atomic mass is 35.5. The van der Waals surface area contributed by atoms with Crippen LogP contribution < -0.4 is 5.32 Å². The SMILES string of the molecule is CCCNc1ccc(Cl)c(CSc2cccc(C)c2)n1. The molecule has 0 fully saturated rings. The fourth-order valence-corrected chi connectivity index (χ4v) is 3.01. The number of nitrogens with one attached hydrogen (secondary N) is 1. The second-order valence-corrected chi connectivity index (χ2v) is 6.11. The van der Waals surface area contributed by atoms with Crippen molar-refractivity contribution in [3.05, 3.63) is 52.7 Å². The van der Waals surface area contributed by atoms with E-state index in [9.17, 15) is 0 Å². The molecule has 0 amide bonds. The molecule has 2 nitrogen and oxygen atoms in total. The third kappa shape index (κ3) is 4.43. The average molecular weight is 307 g/mol. The molecule has 1 aromatic carbocycles. The van der Waals surface area contributed by atoms with Crippen molar-refractivity contribution in [3.63, 3.8) is 0 Å². The number of pyridine rings is 1. The summed E-state index contributed by atoms with van der Waals surface area (Å²) >= 11 is 7.98. The van der Waals surface area contributed by atoms with Gasteiger partial charge in [0.2, 0.25) is 0 Å². The minimum atomic E-state index is 0.729. The molecule has 0 unspecified atom stereocenters. The van der Waals surface area contributed by atoms with E-state index in [4.69, 9.17) is 11.6 Å². The van der Waals surface area contributed by atoms with E-state index in [1.54, 1.807) is 11.8 Å². The van der Waals surface area contributed by atoms with E-state index >= 15 is 0 Å². The van der Waals surface area contributed by atoms with Gasteiger partial charge in [0.25, 0.3) is 0 Å². The van der Waals surface area contributed by atoms with Gasteiger partial charge in [-0.2, -0.15) is 0 Å². The average Bonchev–Trinajstić information content (AvgIpc) is 2.45. The zero-order valence-electron chi connectivity index (χ0n) is 11.8. The Balaban J connectivity index is 2.04. The highest BCUT2D eigenvalue weighted by Crippen LogP contribution is 2.27. The Hall–Kier alpha value is -1.19. The van der Waals surface area contributed by atoms with Crippen LogP contribution in [0.25, 0.3) is 0 Å². The second-order valence-electron chi connectivity index (χ2n) is 4.66. The molecule has 106 valence electrons. The van der Waals surface area contributed by atoms with Crippen molar-refractivity contribution in [2.45, 2.75) is 30.9 Å². The zero-order valence-corrected chi connectivity index (χ0v) is 13.4. The summed E-state index contributed by atoms with van der Waals surface area (Å²) in [6, 6.07) is 12.3. The Bertz CT molecular complexity index is 572. The molecular weight excluding hydrogens is 288 g/mol. The van der Waals surface area contributed by atoms with E-state index in [0.29, 0.717) is 0 Å². The van der Waals surface area contributed by atoms with E-state index < -0.39 is 0 Å². The van der Waals surface area contributed by atoms with Crippen LogP contribution in [-0.2, 0) is 5.75 Å². The Morgan fingerprint density at radius 1 is 1.25 bits per heavy atom. The topological polar surface area (TPSA) is 24.9 Å². The number of nitrogens with zero attached hydrogens (tertiary/aromatic N) is 1. The van der Waals surface area contributed by atoms with Crippen molar-refractivity contribution in [3.8, 4) is 0 Å². The van der Waals surface area contributed by atoms with Gasteiger partial charge in [-0.1, -0.05) is 36.2 Å². The standard InChI is InChI=1S/C16H19ClN2S/c1-3-9-18-16-8-7-14(17)15(19-16)11-20-13-6-4-5-12(2)10-13/h4-8,10H,3,9,11H2,1-2H3,(H,18,19). The summed E-state index contributed by atoms with van der Waals surface area (Å²) in [5.74, 6) is 1.68. The van der Waals surface area contributed by atoms with Crippen molar-refractivity contribution >= 4 is 29.2 Å². The van der Waals surface area contributed by atoms with Crippen LogP contribution in [-0.4, -0.2) is 11.5 Å². The van der Waals surface area contributed by atoms with E-state index in [0.717, 1.165) is 35.3 Å². The highest BCUT2D eigenvalue weighted by molar-refractivity contribution is 7.98. The van der Waals surface area contributed by atoms with E-state index in [-0.39, 0.29) is 0 Å². The van der Waals surface area contributed by atoms with Gasteiger partial charge < -0.3 is 5.32 Å². The van der Waals surface area contributed by atoms with Gasteiger partial charge in [0.05, 0.1) is 10.7 Å². The van der Waals surface area contributed by atoms with Crippen LogP contribution in [0, 0.1) is 6.92 Å². The summed E-state index contributed by atoms with van der Waals surface area (Å²) in [4.78, 5) is 5.83. The first-order valence-electron chi connectivity index (χ1n) is 6.78. The minimum absolute atomic E-state index is 0.729. The summed E-state index contributed by atoms with van der Waals surface area (Å²) in [7, 11) is 0. The highest BCUT2D eigenvalue weighted by Gasteiger charge is 2.05. The Kier molecular flexibility index (Phi) is 5.74. The molecule has 0 saturated heterocycles. The fourth-order valence-electron chi connectivity index (χ4n) is 1.79. The van der Waals surface area contributed by atoms with E-state index in [1.807, 2.05) is 12.1 Å². The number of thioether (sulfide) groups is 1. The number of aromatic nitrogens is 1. The Labute approximate surface area is 130 Å². The molecule has 0 saturated carbocycles. The molecule has 1 N–H and O–H groups in total. The lowest BCUT2D eigenvalue weighted by Gasteiger charge is -2.08. The van der Waals surface area contributed by atoms with E-state index in [2.05, 4.69) is 48.4 Å². The second kappa shape index (κ2) is 7.55. The van der Waals surface area contributed by atoms with Crippen LogP contribution in [0.4, 0.5) is 5.82 Å². The minimum Gasteiger partial charge on any atom is -0.370 e. The number of benzene rings is 1. The van der Waals surface area contributed by atoms with Crippen molar-refractivity contribution < 1.29 is 0 Å². The molecule has 0 aliphatic heterocycles. The largest absolute Gasteiger partial charge is 0.370 e. The predicted molar refractivity (Wildman–Crippen MR) is 88.8 cm³/mol. The smallest absolute Gasteiger partial charge is 0.126 e. The number of aryl methyl sites for hydroxylation is 1. The third-order valence-corrected chi connectivity index (χ3v) is 4.19. The molecule has 2 aromatic rings. The van der Waals surface area contributed by atoms with Gasteiger partial charge in [0, 0.05) is 17.2 Å². The van der Waals surface area contributed by atoms with Crippen LogP contribution in [0.3, 0.4) is 0 Å². The molecule has 0 radical (unpaired) electrons. The Morgan fingerprint density at radius 3 is 2.85 bits per heavy atom. The van der Waals surface area contributed by atoms with Crippen molar-refractivity contribution in [1.82, 2.24) is 4.98 Å².